The molecule has 1 aliphatic carbocycles. The van der Waals surface area contributed by atoms with E-state index in [9.17, 15) is 13.2 Å². The van der Waals surface area contributed by atoms with E-state index in [4.69, 9.17) is 0 Å². The van der Waals surface area contributed by atoms with Crippen molar-refractivity contribution in [2.24, 2.45) is 0 Å². The number of hydrogen-bond donors (Lipinski definition) is 1. The maximum atomic E-state index is 12.1. The van der Waals surface area contributed by atoms with Gasteiger partial charge in [-0.2, -0.15) is 13.2 Å². The molecule has 0 fully saturated rings. The molecule has 0 saturated heterocycles. The van der Waals surface area contributed by atoms with Crippen molar-refractivity contribution in [3.05, 3.63) is 34.9 Å². The number of benzene rings is 1. The topological polar surface area (TPSA) is 12.0 Å². The molecule has 0 amide bonds. The SMILES string of the molecule is CC(NCCCC(F)(F)F)c1ccc2c(c1)CCCC2. The number of hydrogen-bond acceptors (Lipinski definition) is 1. The van der Waals surface area contributed by atoms with Gasteiger partial charge in [0.25, 0.3) is 0 Å². The van der Waals surface area contributed by atoms with Gasteiger partial charge in [0, 0.05) is 12.5 Å². The van der Waals surface area contributed by atoms with Crippen molar-refractivity contribution < 1.29 is 13.2 Å². The van der Waals surface area contributed by atoms with Gasteiger partial charge in [-0.25, -0.2) is 0 Å². The van der Waals surface area contributed by atoms with Crippen molar-refractivity contribution in [1.29, 1.82) is 0 Å². The summed E-state index contributed by atoms with van der Waals surface area (Å²) in [5.41, 5.74) is 4.03. The van der Waals surface area contributed by atoms with E-state index < -0.39 is 12.6 Å². The highest BCUT2D eigenvalue weighted by Gasteiger charge is 2.25. The Labute approximate surface area is 118 Å². The second kappa shape index (κ2) is 6.61. The summed E-state index contributed by atoms with van der Waals surface area (Å²) in [4.78, 5) is 0. The Kier molecular flexibility index (Phi) is 5.08. The molecule has 1 nitrogen and oxygen atoms in total. The molecule has 0 bridgehead atoms. The average Bonchev–Trinajstić information content (AvgIpc) is 2.42. The van der Waals surface area contributed by atoms with Crippen LogP contribution in [0.4, 0.5) is 13.2 Å². The zero-order chi connectivity index (χ0) is 14.6. The minimum absolute atomic E-state index is 0.107. The zero-order valence-corrected chi connectivity index (χ0v) is 11.9. The van der Waals surface area contributed by atoms with Gasteiger partial charge in [0.15, 0.2) is 0 Å². The largest absolute Gasteiger partial charge is 0.389 e. The lowest BCUT2D eigenvalue weighted by molar-refractivity contribution is -0.135. The summed E-state index contributed by atoms with van der Waals surface area (Å²) in [6.07, 6.45) is 0.167. The number of rotatable bonds is 5. The van der Waals surface area contributed by atoms with Gasteiger partial charge in [-0.15, -0.1) is 0 Å². The van der Waals surface area contributed by atoms with Crippen molar-refractivity contribution in [3.63, 3.8) is 0 Å². The predicted molar refractivity (Wildman–Crippen MR) is 74.8 cm³/mol. The van der Waals surface area contributed by atoms with Gasteiger partial charge < -0.3 is 5.32 Å². The minimum Gasteiger partial charge on any atom is -0.310 e. The molecule has 2 rings (SSSR count). The van der Waals surface area contributed by atoms with Gasteiger partial charge in [-0.3, -0.25) is 0 Å². The van der Waals surface area contributed by atoms with E-state index in [1.807, 2.05) is 6.92 Å². The molecular weight excluding hydrogens is 263 g/mol. The molecule has 1 aromatic carbocycles. The van der Waals surface area contributed by atoms with Crippen LogP contribution in [0.25, 0.3) is 0 Å². The molecule has 0 heterocycles. The quantitative estimate of drug-likeness (QED) is 0.782. The average molecular weight is 285 g/mol. The fourth-order valence-electron chi connectivity index (χ4n) is 2.75. The summed E-state index contributed by atoms with van der Waals surface area (Å²) in [6, 6.07) is 6.61. The Balaban J connectivity index is 1.84. The molecule has 112 valence electrons. The molecule has 1 aromatic rings. The third-order valence-corrected chi connectivity index (χ3v) is 3.96. The summed E-state index contributed by atoms with van der Waals surface area (Å²) < 4.78 is 36.2. The fraction of sp³-hybridized carbons (Fsp3) is 0.625. The smallest absolute Gasteiger partial charge is 0.310 e. The first-order chi connectivity index (χ1) is 9.46. The van der Waals surface area contributed by atoms with E-state index in [0.717, 1.165) is 12.8 Å². The third-order valence-electron chi connectivity index (χ3n) is 3.96. The highest BCUT2D eigenvalue weighted by molar-refractivity contribution is 5.35. The first-order valence-electron chi connectivity index (χ1n) is 7.37. The molecule has 20 heavy (non-hydrogen) atoms. The van der Waals surface area contributed by atoms with Crippen LogP contribution in [0.3, 0.4) is 0 Å². The third kappa shape index (κ3) is 4.51. The minimum atomic E-state index is -4.04. The van der Waals surface area contributed by atoms with Crippen LogP contribution in [-0.4, -0.2) is 12.7 Å². The van der Waals surface area contributed by atoms with Gasteiger partial charge in [-0.05, 0) is 62.3 Å². The Morgan fingerprint density at radius 1 is 1.15 bits per heavy atom. The van der Waals surface area contributed by atoms with Crippen LogP contribution >= 0.6 is 0 Å². The molecule has 0 radical (unpaired) electrons. The lowest BCUT2D eigenvalue weighted by atomic mass is 9.89. The summed E-state index contributed by atoms with van der Waals surface area (Å²) in [5, 5.41) is 3.18. The summed E-state index contributed by atoms with van der Waals surface area (Å²) in [5.74, 6) is 0. The molecule has 0 aliphatic heterocycles. The molecule has 1 N–H and O–H groups in total. The van der Waals surface area contributed by atoms with Gasteiger partial charge in [0.2, 0.25) is 0 Å². The monoisotopic (exact) mass is 285 g/mol. The van der Waals surface area contributed by atoms with E-state index in [0.29, 0.717) is 6.54 Å². The van der Waals surface area contributed by atoms with E-state index >= 15 is 0 Å². The van der Waals surface area contributed by atoms with Gasteiger partial charge in [-0.1, -0.05) is 18.2 Å². The Morgan fingerprint density at radius 3 is 2.55 bits per heavy atom. The molecular formula is C16H22F3N. The van der Waals surface area contributed by atoms with Crippen LogP contribution in [0.5, 0.6) is 0 Å². The van der Waals surface area contributed by atoms with Crippen LogP contribution in [-0.2, 0) is 12.8 Å². The fourth-order valence-corrected chi connectivity index (χ4v) is 2.75. The first-order valence-corrected chi connectivity index (χ1v) is 7.37. The van der Waals surface area contributed by atoms with Gasteiger partial charge >= 0.3 is 6.18 Å². The van der Waals surface area contributed by atoms with E-state index in [1.165, 1.54) is 29.5 Å². The Hall–Kier alpha value is -1.03. The Morgan fingerprint density at radius 2 is 1.85 bits per heavy atom. The highest BCUT2D eigenvalue weighted by Crippen LogP contribution is 2.25. The maximum absolute atomic E-state index is 12.1. The molecule has 4 heteroatoms. The standard InChI is InChI=1S/C16H22F3N/c1-12(20-10-4-9-16(17,18)19)14-8-7-13-5-2-3-6-15(13)11-14/h7-8,11-12,20H,2-6,9-10H2,1H3. The molecule has 1 atom stereocenters. The van der Waals surface area contributed by atoms with Crippen LogP contribution in [0, 0.1) is 0 Å². The second-order valence-corrected chi connectivity index (χ2v) is 5.63. The van der Waals surface area contributed by atoms with Gasteiger partial charge in [0.1, 0.15) is 0 Å². The second-order valence-electron chi connectivity index (χ2n) is 5.63. The summed E-state index contributed by atoms with van der Waals surface area (Å²) >= 11 is 0. The van der Waals surface area contributed by atoms with Crippen molar-refractivity contribution >= 4 is 0 Å². The highest BCUT2D eigenvalue weighted by atomic mass is 19.4. The van der Waals surface area contributed by atoms with Crippen molar-refractivity contribution in [2.75, 3.05) is 6.54 Å². The van der Waals surface area contributed by atoms with Gasteiger partial charge in [0.05, 0.1) is 0 Å². The number of fused-ring (bicyclic) bond motifs is 1. The van der Waals surface area contributed by atoms with E-state index in [-0.39, 0.29) is 12.5 Å². The van der Waals surface area contributed by atoms with Crippen LogP contribution in [0.1, 0.15) is 55.3 Å². The Bertz CT molecular complexity index is 440. The number of alkyl halides is 3. The number of aryl methyl sites for hydroxylation is 2. The zero-order valence-electron chi connectivity index (χ0n) is 11.9. The normalized spacial score (nSPS) is 16.8. The van der Waals surface area contributed by atoms with Crippen LogP contribution < -0.4 is 5.32 Å². The van der Waals surface area contributed by atoms with Crippen molar-refractivity contribution in [2.45, 2.75) is 57.7 Å². The first kappa shape index (κ1) is 15.4. The lowest BCUT2D eigenvalue weighted by Gasteiger charge is -2.20. The van der Waals surface area contributed by atoms with Crippen LogP contribution in [0.2, 0.25) is 0 Å². The molecule has 1 unspecified atom stereocenters. The summed E-state index contributed by atoms with van der Waals surface area (Å²) in [7, 11) is 0. The predicted octanol–water partition coefficient (Wildman–Crippen LogP) is 4.56. The van der Waals surface area contributed by atoms with Crippen LogP contribution in [0.15, 0.2) is 18.2 Å². The summed E-state index contributed by atoms with van der Waals surface area (Å²) in [6.45, 7) is 2.41. The maximum Gasteiger partial charge on any atom is 0.389 e. The lowest BCUT2D eigenvalue weighted by Crippen LogP contribution is -2.22. The number of nitrogens with one attached hydrogen (secondary N) is 1. The van der Waals surface area contributed by atoms with E-state index in [2.05, 4.69) is 23.5 Å². The van der Waals surface area contributed by atoms with Crippen molar-refractivity contribution in [1.82, 2.24) is 5.32 Å². The molecule has 0 saturated carbocycles. The molecule has 0 aromatic heterocycles. The molecule has 1 aliphatic rings. The van der Waals surface area contributed by atoms with Crippen molar-refractivity contribution in [3.8, 4) is 0 Å². The van der Waals surface area contributed by atoms with E-state index in [1.54, 1.807) is 0 Å². The molecule has 0 spiro atoms. The number of halogens is 3.